The van der Waals surface area contributed by atoms with E-state index in [2.05, 4.69) is 41.6 Å². The van der Waals surface area contributed by atoms with Crippen LogP contribution in [0.5, 0.6) is 0 Å². The van der Waals surface area contributed by atoms with Crippen LogP contribution in [0.3, 0.4) is 0 Å². The summed E-state index contributed by atoms with van der Waals surface area (Å²) in [7, 11) is 3.96. The van der Waals surface area contributed by atoms with Gasteiger partial charge < -0.3 is 15.5 Å². The summed E-state index contributed by atoms with van der Waals surface area (Å²) in [5.74, 6) is 0.956. The number of amides is 1. The van der Waals surface area contributed by atoms with Crippen molar-refractivity contribution in [2.45, 2.75) is 19.8 Å². The lowest BCUT2D eigenvalue weighted by Crippen LogP contribution is -2.13. The fourth-order valence-electron chi connectivity index (χ4n) is 2.79. The van der Waals surface area contributed by atoms with Gasteiger partial charge in [-0.15, -0.1) is 0 Å². The van der Waals surface area contributed by atoms with Crippen LogP contribution in [-0.2, 0) is 0 Å². The highest BCUT2D eigenvalue weighted by molar-refractivity contribution is 6.04. The molecule has 1 amide bonds. The van der Waals surface area contributed by atoms with Crippen molar-refractivity contribution in [3.8, 4) is 0 Å². The van der Waals surface area contributed by atoms with Gasteiger partial charge in [-0.25, -0.2) is 4.98 Å². The standard InChI is InChI=1S/C23H26N4O/c1-16(2)17-5-7-19(8-6-17)25-22-15-18(13-14-24-22)23(28)26-20-9-11-21(12-10-20)27(3)4/h5-16H,1-4H3,(H,24,25)(H,26,28). The molecule has 0 unspecified atom stereocenters. The van der Waals surface area contributed by atoms with E-state index < -0.39 is 0 Å². The Morgan fingerprint density at radius 3 is 2.18 bits per heavy atom. The smallest absolute Gasteiger partial charge is 0.255 e. The number of rotatable bonds is 6. The van der Waals surface area contributed by atoms with E-state index in [-0.39, 0.29) is 5.91 Å². The minimum atomic E-state index is -0.168. The predicted molar refractivity (Wildman–Crippen MR) is 117 cm³/mol. The molecule has 3 rings (SSSR count). The van der Waals surface area contributed by atoms with Crippen LogP contribution in [0.25, 0.3) is 0 Å². The van der Waals surface area contributed by atoms with Crippen LogP contribution in [0.2, 0.25) is 0 Å². The van der Waals surface area contributed by atoms with Crippen molar-refractivity contribution in [3.63, 3.8) is 0 Å². The Kier molecular flexibility index (Phi) is 5.94. The van der Waals surface area contributed by atoms with E-state index in [4.69, 9.17) is 0 Å². The van der Waals surface area contributed by atoms with E-state index in [9.17, 15) is 4.79 Å². The molecule has 0 saturated carbocycles. The number of pyridine rings is 1. The van der Waals surface area contributed by atoms with E-state index in [1.165, 1.54) is 5.56 Å². The van der Waals surface area contributed by atoms with Gasteiger partial charge in [-0.1, -0.05) is 26.0 Å². The summed E-state index contributed by atoms with van der Waals surface area (Å²) >= 11 is 0. The Morgan fingerprint density at radius 1 is 0.929 bits per heavy atom. The number of hydrogen-bond acceptors (Lipinski definition) is 4. The molecule has 0 radical (unpaired) electrons. The third kappa shape index (κ3) is 4.88. The predicted octanol–water partition coefficient (Wildman–Crippen LogP) is 5.27. The summed E-state index contributed by atoms with van der Waals surface area (Å²) in [6.45, 7) is 4.33. The number of nitrogens with one attached hydrogen (secondary N) is 2. The second kappa shape index (κ2) is 8.57. The van der Waals surface area contributed by atoms with E-state index in [0.717, 1.165) is 17.1 Å². The van der Waals surface area contributed by atoms with Gasteiger partial charge in [0.05, 0.1) is 0 Å². The number of hydrogen-bond donors (Lipinski definition) is 2. The number of nitrogens with zero attached hydrogens (tertiary/aromatic N) is 2. The van der Waals surface area contributed by atoms with Gasteiger partial charge in [0.15, 0.2) is 0 Å². The van der Waals surface area contributed by atoms with E-state index in [1.54, 1.807) is 18.3 Å². The molecule has 0 spiro atoms. The van der Waals surface area contributed by atoms with Gasteiger partial charge in [0.25, 0.3) is 5.91 Å². The topological polar surface area (TPSA) is 57.3 Å². The van der Waals surface area contributed by atoms with Crippen LogP contribution in [0.15, 0.2) is 66.9 Å². The summed E-state index contributed by atoms with van der Waals surface area (Å²) in [4.78, 5) is 18.9. The quantitative estimate of drug-likeness (QED) is 0.617. The molecule has 0 aliphatic heterocycles. The van der Waals surface area contributed by atoms with Crippen molar-refractivity contribution in [1.29, 1.82) is 0 Å². The monoisotopic (exact) mass is 374 g/mol. The normalized spacial score (nSPS) is 10.6. The Labute approximate surface area is 166 Å². The molecule has 2 N–H and O–H groups in total. The van der Waals surface area contributed by atoms with Crippen molar-refractivity contribution in [2.24, 2.45) is 0 Å². The first-order valence-corrected chi connectivity index (χ1v) is 9.34. The average Bonchev–Trinajstić information content (AvgIpc) is 2.69. The van der Waals surface area contributed by atoms with Crippen LogP contribution in [0.1, 0.15) is 35.7 Å². The molecule has 0 bridgehead atoms. The van der Waals surface area contributed by atoms with Crippen LogP contribution < -0.4 is 15.5 Å². The first-order valence-electron chi connectivity index (χ1n) is 9.34. The highest BCUT2D eigenvalue weighted by atomic mass is 16.1. The van der Waals surface area contributed by atoms with Crippen LogP contribution in [0.4, 0.5) is 22.9 Å². The molecule has 2 aromatic carbocycles. The molecule has 28 heavy (non-hydrogen) atoms. The second-order valence-electron chi connectivity index (χ2n) is 7.23. The molecule has 3 aromatic rings. The van der Waals surface area contributed by atoms with Crippen molar-refractivity contribution >= 4 is 28.8 Å². The lowest BCUT2D eigenvalue weighted by molar-refractivity contribution is 0.102. The summed E-state index contributed by atoms with van der Waals surface area (Å²) < 4.78 is 0. The maximum atomic E-state index is 12.6. The van der Waals surface area contributed by atoms with E-state index in [0.29, 0.717) is 17.3 Å². The van der Waals surface area contributed by atoms with Gasteiger partial charge in [-0.3, -0.25) is 4.79 Å². The lowest BCUT2D eigenvalue weighted by atomic mass is 10.0. The number of benzene rings is 2. The highest BCUT2D eigenvalue weighted by Crippen LogP contribution is 2.21. The van der Waals surface area contributed by atoms with Crippen molar-refractivity contribution in [1.82, 2.24) is 4.98 Å². The zero-order valence-electron chi connectivity index (χ0n) is 16.7. The first-order chi connectivity index (χ1) is 13.4. The SMILES string of the molecule is CC(C)c1ccc(Nc2cc(C(=O)Nc3ccc(N(C)C)cc3)ccn2)cc1. The molecular formula is C23H26N4O. The summed E-state index contributed by atoms with van der Waals surface area (Å²) in [6.07, 6.45) is 1.63. The molecule has 1 aromatic heterocycles. The fraction of sp³-hybridized carbons (Fsp3) is 0.217. The number of anilines is 4. The molecule has 0 aliphatic rings. The largest absolute Gasteiger partial charge is 0.378 e. The third-order valence-corrected chi connectivity index (χ3v) is 4.51. The Morgan fingerprint density at radius 2 is 1.57 bits per heavy atom. The molecule has 5 heteroatoms. The maximum Gasteiger partial charge on any atom is 0.255 e. The zero-order chi connectivity index (χ0) is 20.1. The van der Waals surface area contributed by atoms with Crippen molar-refractivity contribution < 1.29 is 4.79 Å². The van der Waals surface area contributed by atoms with Crippen LogP contribution >= 0.6 is 0 Å². The zero-order valence-corrected chi connectivity index (χ0v) is 16.7. The molecular weight excluding hydrogens is 348 g/mol. The molecule has 1 heterocycles. The summed E-state index contributed by atoms with van der Waals surface area (Å²) in [5.41, 5.74) is 4.61. The van der Waals surface area contributed by atoms with Gasteiger partial charge in [-0.05, 0) is 60.0 Å². The van der Waals surface area contributed by atoms with Crippen LogP contribution in [-0.4, -0.2) is 25.0 Å². The van der Waals surface area contributed by atoms with Crippen molar-refractivity contribution in [3.05, 3.63) is 78.0 Å². The Hall–Kier alpha value is -3.34. The molecule has 0 atom stereocenters. The minimum Gasteiger partial charge on any atom is -0.378 e. The first kappa shape index (κ1) is 19.4. The van der Waals surface area contributed by atoms with E-state index in [1.807, 2.05) is 55.4 Å². The molecule has 5 nitrogen and oxygen atoms in total. The second-order valence-corrected chi connectivity index (χ2v) is 7.23. The van der Waals surface area contributed by atoms with Gasteiger partial charge in [0.2, 0.25) is 0 Å². The third-order valence-electron chi connectivity index (χ3n) is 4.51. The van der Waals surface area contributed by atoms with Gasteiger partial charge in [-0.2, -0.15) is 0 Å². The van der Waals surface area contributed by atoms with E-state index >= 15 is 0 Å². The number of carbonyl (C=O) groups is 1. The number of aromatic nitrogens is 1. The Balaban J connectivity index is 1.68. The fourth-order valence-corrected chi connectivity index (χ4v) is 2.79. The summed E-state index contributed by atoms with van der Waals surface area (Å²) in [6, 6.07) is 19.4. The lowest BCUT2D eigenvalue weighted by Gasteiger charge is -2.13. The molecule has 144 valence electrons. The molecule has 0 fully saturated rings. The van der Waals surface area contributed by atoms with Crippen molar-refractivity contribution in [2.75, 3.05) is 29.6 Å². The summed E-state index contributed by atoms with van der Waals surface area (Å²) in [5, 5.41) is 6.17. The Bertz CT molecular complexity index is 932. The average molecular weight is 374 g/mol. The van der Waals surface area contributed by atoms with Gasteiger partial charge in [0.1, 0.15) is 5.82 Å². The molecule has 0 aliphatic carbocycles. The minimum absolute atomic E-state index is 0.168. The highest BCUT2D eigenvalue weighted by Gasteiger charge is 2.08. The van der Waals surface area contributed by atoms with Crippen LogP contribution in [0, 0.1) is 0 Å². The van der Waals surface area contributed by atoms with Gasteiger partial charge in [0, 0.05) is 42.9 Å². The molecule has 0 saturated heterocycles. The van der Waals surface area contributed by atoms with Gasteiger partial charge >= 0.3 is 0 Å². The number of carbonyl (C=O) groups excluding carboxylic acids is 1. The maximum absolute atomic E-state index is 12.6.